The number of allylic oxidation sites excluding steroid dienone is 2. The Balaban J connectivity index is 0.000000561. The van der Waals surface area contributed by atoms with E-state index in [0.29, 0.717) is 0 Å². The summed E-state index contributed by atoms with van der Waals surface area (Å²) in [5, 5.41) is 0. The predicted octanol–water partition coefficient (Wildman–Crippen LogP) is 3.28. The molecule has 0 aliphatic carbocycles. The highest BCUT2D eigenvalue weighted by molar-refractivity contribution is 8.01. The van der Waals surface area contributed by atoms with Crippen molar-refractivity contribution in [1.82, 2.24) is 4.72 Å². The fraction of sp³-hybridized carbons (Fsp3) is 0.400. The quantitative estimate of drug-likeness (QED) is 0.626. The average molecular weight is 183 g/mol. The summed E-state index contributed by atoms with van der Waals surface area (Å²) in [5.74, 6) is 0. The topological polar surface area (TPSA) is 12.0 Å². The van der Waals surface area contributed by atoms with Crippen molar-refractivity contribution in [1.29, 1.82) is 0 Å². The van der Waals surface area contributed by atoms with Gasteiger partial charge in [0.15, 0.2) is 0 Å². The molecule has 0 aromatic carbocycles. The second-order valence-electron chi connectivity index (χ2n) is 2.38. The van der Waals surface area contributed by atoms with Gasteiger partial charge in [0.1, 0.15) is 0 Å². The zero-order valence-corrected chi connectivity index (χ0v) is 8.92. The van der Waals surface area contributed by atoms with Gasteiger partial charge in [0.05, 0.1) is 0 Å². The van der Waals surface area contributed by atoms with Gasteiger partial charge in [-0.25, -0.2) is 0 Å². The van der Waals surface area contributed by atoms with Gasteiger partial charge in [0, 0.05) is 11.4 Å². The molecule has 1 heterocycles. The molecule has 0 aromatic rings. The van der Waals surface area contributed by atoms with E-state index in [2.05, 4.69) is 17.9 Å². The Morgan fingerprint density at radius 1 is 1.58 bits per heavy atom. The number of nitrogens with one attached hydrogen (secondary N) is 1. The first-order valence-corrected chi connectivity index (χ1v) is 4.97. The molecule has 0 amide bonds. The van der Waals surface area contributed by atoms with Crippen molar-refractivity contribution in [3.63, 3.8) is 0 Å². The van der Waals surface area contributed by atoms with Crippen molar-refractivity contribution >= 4 is 11.9 Å². The maximum absolute atomic E-state index is 3.90. The lowest BCUT2D eigenvalue weighted by Gasteiger charge is -1.93. The van der Waals surface area contributed by atoms with Crippen molar-refractivity contribution in [3.8, 4) is 0 Å². The summed E-state index contributed by atoms with van der Waals surface area (Å²) in [7, 11) is 0. The molecular weight excluding hydrogens is 166 g/mol. The van der Waals surface area contributed by atoms with Crippen LogP contribution in [0, 0.1) is 0 Å². The van der Waals surface area contributed by atoms with Crippen LogP contribution in [0.25, 0.3) is 0 Å². The van der Waals surface area contributed by atoms with Crippen LogP contribution in [0.3, 0.4) is 0 Å². The molecular formula is C10H17NS. The molecule has 0 bridgehead atoms. The fourth-order valence-electron chi connectivity index (χ4n) is 0.716. The summed E-state index contributed by atoms with van der Waals surface area (Å²) in [6.45, 7) is 14.6. The summed E-state index contributed by atoms with van der Waals surface area (Å²) in [6, 6.07) is 0. The van der Waals surface area contributed by atoms with E-state index in [0.717, 1.165) is 17.7 Å². The van der Waals surface area contributed by atoms with Crippen molar-refractivity contribution in [2.24, 2.45) is 0 Å². The van der Waals surface area contributed by atoms with Gasteiger partial charge in [-0.2, -0.15) is 0 Å². The predicted molar refractivity (Wildman–Crippen MR) is 59.0 cm³/mol. The molecule has 1 aliphatic heterocycles. The summed E-state index contributed by atoms with van der Waals surface area (Å²) in [6.07, 6.45) is 2.05. The molecule has 0 spiro atoms. The van der Waals surface area contributed by atoms with E-state index in [9.17, 15) is 0 Å². The second-order valence-corrected chi connectivity index (χ2v) is 3.31. The largest absolute Gasteiger partial charge is 0.255 e. The smallest absolute Gasteiger partial charge is 0.0318 e. The molecule has 1 aliphatic rings. The van der Waals surface area contributed by atoms with Crippen LogP contribution < -0.4 is 4.72 Å². The minimum atomic E-state index is 0.893. The number of rotatable bonds is 1. The molecule has 68 valence electrons. The van der Waals surface area contributed by atoms with Crippen LogP contribution in [-0.2, 0) is 0 Å². The summed E-state index contributed by atoms with van der Waals surface area (Å²) in [5.41, 5.74) is 2.24. The van der Waals surface area contributed by atoms with Gasteiger partial charge in [-0.3, -0.25) is 4.72 Å². The highest BCUT2D eigenvalue weighted by atomic mass is 32.2. The molecule has 0 saturated carbocycles. The molecule has 1 saturated heterocycles. The van der Waals surface area contributed by atoms with E-state index in [-0.39, 0.29) is 0 Å². The van der Waals surface area contributed by atoms with Gasteiger partial charge >= 0.3 is 0 Å². The standard InChI is InChI=1S/C8H11NS.C2H6/c1-6(2)4-8-7(3)5-9-10-8;1-2/h4,9H,1,3,5H2,2H3;1-2H3/b8-4+;. The van der Waals surface area contributed by atoms with E-state index in [1.54, 1.807) is 11.9 Å². The lowest BCUT2D eigenvalue weighted by atomic mass is 10.2. The zero-order valence-electron chi connectivity index (χ0n) is 8.11. The monoisotopic (exact) mass is 183 g/mol. The Morgan fingerprint density at radius 2 is 2.17 bits per heavy atom. The Bertz CT molecular complexity index is 204. The highest BCUT2D eigenvalue weighted by Gasteiger charge is 2.10. The van der Waals surface area contributed by atoms with E-state index in [1.165, 1.54) is 4.91 Å². The third-order valence-electron chi connectivity index (χ3n) is 1.19. The molecule has 1 nitrogen and oxygen atoms in total. The van der Waals surface area contributed by atoms with Crippen LogP contribution in [0.15, 0.2) is 35.3 Å². The molecule has 0 unspecified atom stereocenters. The van der Waals surface area contributed by atoms with E-state index >= 15 is 0 Å². The molecule has 0 atom stereocenters. The lowest BCUT2D eigenvalue weighted by Crippen LogP contribution is -1.94. The third kappa shape index (κ3) is 3.79. The highest BCUT2D eigenvalue weighted by Crippen LogP contribution is 2.26. The van der Waals surface area contributed by atoms with E-state index in [1.807, 2.05) is 26.8 Å². The maximum Gasteiger partial charge on any atom is 0.0318 e. The molecule has 1 rings (SSSR count). The Morgan fingerprint density at radius 3 is 2.50 bits per heavy atom. The normalized spacial score (nSPS) is 18.9. The lowest BCUT2D eigenvalue weighted by molar-refractivity contribution is 1.12. The Labute approximate surface area is 79.8 Å². The first kappa shape index (κ1) is 11.5. The first-order valence-electron chi connectivity index (χ1n) is 4.15. The number of hydrogen-bond acceptors (Lipinski definition) is 2. The molecule has 1 N–H and O–H groups in total. The minimum absolute atomic E-state index is 0.893. The zero-order chi connectivity index (χ0) is 9.56. The van der Waals surface area contributed by atoms with Crippen molar-refractivity contribution in [2.45, 2.75) is 20.8 Å². The maximum atomic E-state index is 3.90. The minimum Gasteiger partial charge on any atom is -0.255 e. The molecule has 2 heteroatoms. The van der Waals surface area contributed by atoms with Gasteiger partial charge in [0.2, 0.25) is 0 Å². The van der Waals surface area contributed by atoms with Gasteiger partial charge in [-0.15, -0.1) is 0 Å². The molecule has 12 heavy (non-hydrogen) atoms. The van der Waals surface area contributed by atoms with E-state index < -0.39 is 0 Å². The van der Waals surface area contributed by atoms with Crippen molar-refractivity contribution in [2.75, 3.05) is 6.54 Å². The first-order chi connectivity index (χ1) is 5.70. The summed E-state index contributed by atoms with van der Waals surface area (Å²) >= 11 is 1.63. The Kier molecular flexibility index (Phi) is 5.85. The summed E-state index contributed by atoms with van der Waals surface area (Å²) in [4.78, 5) is 1.22. The van der Waals surface area contributed by atoms with Crippen LogP contribution in [0.4, 0.5) is 0 Å². The van der Waals surface area contributed by atoms with Crippen LogP contribution >= 0.6 is 11.9 Å². The third-order valence-corrected chi connectivity index (χ3v) is 2.11. The van der Waals surface area contributed by atoms with Gasteiger partial charge in [0.25, 0.3) is 0 Å². The van der Waals surface area contributed by atoms with Crippen LogP contribution in [0.5, 0.6) is 0 Å². The van der Waals surface area contributed by atoms with Crippen LogP contribution in [0.1, 0.15) is 20.8 Å². The molecule has 1 fully saturated rings. The SMILES string of the molecule is C=C(C)/C=C1/SNCC1=C.CC. The van der Waals surface area contributed by atoms with Crippen molar-refractivity contribution < 1.29 is 0 Å². The fourth-order valence-corrected chi connectivity index (χ4v) is 1.59. The van der Waals surface area contributed by atoms with Crippen LogP contribution in [-0.4, -0.2) is 6.54 Å². The van der Waals surface area contributed by atoms with Crippen molar-refractivity contribution in [3.05, 3.63) is 35.3 Å². The van der Waals surface area contributed by atoms with Gasteiger partial charge in [-0.05, 0) is 30.5 Å². The van der Waals surface area contributed by atoms with Crippen LogP contribution in [0.2, 0.25) is 0 Å². The second kappa shape index (κ2) is 6.09. The molecule has 0 radical (unpaired) electrons. The Hall–Kier alpha value is -0.470. The summed E-state index contributed by atoms with van der Waals surface area (Å²) < 4.78 is 3.14. The van der Waals surface area contributed by atoms with E-state index in [4.69, 9.17) is 0 Å². The van der Waals surface area contributed by atoms with Gasteiger partial charge < -0.3 is 0 Å². The van der Waals surface area contributed by atoms with Gasteiger partial charge in [-0.1, -0.05) is 32.6 Å². The number of hydrogen-bond donors (Lipinski definition) is 1. The molecule has 0 aromatic heterocycles. The average Bonchev–Trinajstić information content (AvgIpc) is 2.40.